The summed E-state index contributed by atoms with van der Waals surface area (Å²) in [7, 11) is 0. The number of hydrogen-bond acceptors (Lipinski definition) is 1. The van der Waals surface area contributed by atoms with Crippen LogP contribution in [0.3, 0.4) is 0 Å². The Morgan fingerprint density at radius 3 is 2.56 bits per heavy atom. The van der Waals surface area contributed by atoms with Gasteiger partial charge in [0.25, 0.3) is 0 Å². The molecule has 18 heavy (non-hydrogen) atoms. The summed E-state index contributed by atoms with van der Waals surface area (Å²) in [5.74, 6) is 0.249. The van der Waals surface area contributed by atoms with Crippen LogP contribution in [0.2, 0.25) is 5.02 Å². The molecule has 0 heterocycles. The molecule has 0 bridgehead atoms. The van der Waals surface area contributed by atoms with Crippen molar-refractivity contribution in [3.8, 4) is 0 Å². The summed E-state index contributed by atoms with van der Waals surface area (Å²) in [4.78, 5) is 12.2. The zero-order chi connectivity index (χ0) is 13.0. The van der Waals surface area contributed by atoms with Crippen molar-refractivity contribution in [2.24, 2.45) is 5.92 Å². The first-order chi connectivity index (χ1) is 8.66. The Kier molecular flexibility index (Phi) is 5.07. The van der Waals surface area contributed by atoms with Crippen molar-refractivity contribution in [2.45, 2.75) is 38.5 Å². The van der Waals surface area contributed by atoms with E-state index in [0.717, 1.165) is 30.2 Å². The van der Waals surface area contributed by atoms with Gasteiger partial charge in [0, 0.05) is 10.4 Å². The SMILES string of the molecule is O=C(Nc1cc(Br)ccc1Cl)C1CCCCCC1. The molecule has 1 saturated carbocycles. The van der Waals surface area contributed by atoms with Crippen LogP contribution in [0.25, 0.3) is 0 Å². The highest BCUT2D eigenvalue weighted by molar-refractivity contribution is 9.10. The van der Waals surface area contributed by atoms with E-state index in [-0.39, 0.29) is 11.8 Å². The van der Waals surface area contributed by atoms with E-state index in [1.54, 1.807) is 6.07 Å². The molecule has 1 amide bonds. The molecule has 0 aromatic heterocycles. The second kappa shape index (κ2) is 6.58. The summed E-state index contributed by atoms with van der Waals surface area (Å²) in [5, 5.41) is 3.53. The maximum atomic E-state index is 12.2. The Morgan fingerprint density at radius 2 is 1.89 bits per heavy atom. The lowest BCUT2D eigenvalue weighted by Gasteiger charge is -2.15. The van der Waals surface area contributed by atoms with Crippen LogP contribution in [0, 0.1) is 5.92 Å². The Hall–Kier alpha value is -0.540. The molecular formula is C14H17BrClNO. The van der Waals surface area contributed by atoms with Crippen molar-refractivity contribution in [3.63, 3.8) is 0 Å². The largest absolute Gasteiger partial charge is 0.324 e. The first-order valence-electron chi connectivity index (χ1n) is 6.43. The zero-order valence-corrected chi connectivity index (χ0v) is 12.6. The Balaban J connectivity index is 2.03. The first-order valence-corrected chi connectivity index (χ1v) is 7.60. The molecule has 1 aromatic carbocycles. The van der Waals surface area contributed by atoms with Crippen LogP contribution in [0.15, 0.2) is 22.7 Å². The zero-order valence-electron chi connectivity index (χ0n) is 10.2. The van der Waals surface area contributed by atoms with E-state index in [1.165, 1.54) is 12.8 Å². The van der Waals surface area contributed by atoms with Gasteiger partial charge in [-0.05, 0) is 31.0 Å². The van der Waals surface area contributed by atoms with E-state index >= 15 is 0 Å². The van der Waals surface area contributed by atoms with E-state index in [4.69, 9.17) is 11.6 Å². The van der Waals surface area contributed by atoms with Crippen LogP contribution in [0.5, 0.6) is 0 Å². The molecule has 2 nitrogen and oxygen atoms in total. The summed E-state index contributed by atoms with van der Waals surface area (Å²) in [5.41, 5.74) is 0.695. The molecular weight excluding hydrogens is 314 g/mol. The third-order valence-electron chi connectivity index (χ3n) is 3.41. The fraction of sp³-hybridized carbons (Fsp3) is 0.500. The number of carbonyl (C=O) groups excluding carboxylic acids is 1. The van der Waals surface area contributed by atoms with E-state index < -0.39 is 0 Å². The monoisotopic (exact) mass is 329 g/mol. The summed E-state index contributed by atoms with van der Waals surface area (Å²) in [6.07, 6.45) is 6.81. The lowest BCUT2D eigenvalue weighted by atomic mass is 9.99. The predicted octanol–water partition coefficient (Wildman–Crippen LogP) is 5.01. The number of rotatable bonds is 2. The van der Waals surface area contributed by atoms with Crippen molar-refractivity contribution in [3.05, 3.63) is 27.7 Å². The average Bonchev–Trinajstić information content (AvgIpc) is 2.62. The number of benzene rings is 1. The molecule has 1 aliphatic carbocycles. The fourth-order valence-electron chi connectivity index (χ4n) is 2.37. The maximum absolute atomic E-state index is 12.2. The maximum Gasteiger partial charge on any atom is 0.227 e. The minimum atomic E-state index is 0.108. The molecule has 4 heteroatoms. The lowest BCUT2D eigenvalue weighted by Crippen LogP contribution is -2.22. The second-order valence-electron chi connectivity index (χ2n) is 4.80. The summed E-state index contributed by atoms with van der Waals surface area (Å²) in [6, 6.07) is 5.49. The molecule has 0 saturated heterocycles. The molecule has 1 aliphatic rings. The van der Waals surface area contributed by atoms with Gasteiger partial charge in [0.05, 0.1) is 10.7 Å². The summed E-state index contributed by atoms with van der Waals surface area (Å²) in [6.45, 7) is 0. The van der Waals surface area contributed by atoms with Crippen molar-refractivity contribution >= 4 is 39.1 Å². The van der Waals surface area contributed by atoms with Crippen LogP contribution in [0.4, 0.5) is 5.69 Å². The Morgan fingerprint density at radius 1 is 1.22 bits per heavy atom. The van der Waals surface area contributed by atoms with Gasteiger partial charge in [-0.1, -0.05) is 53.2 Å². The second-order valence-corrected chi connectivity index (χ2v) is 6.12. The molecule has 98 valence electrons. The third-order valence-corrected chi connectivity index (χ3v) is 4.24. The number of halogens is 2. The van der Waals surface area contributed by atoms with Gasteiger partial charge in [0.1, 0.15) is 0 Å². The first kappa shape index (κ1) is 13.9. The van der Waals surface area contributed by atoms with E-state index in [9.17, 15) is 4.79 Å². The van der Waals surface area contributed by atoms with Gasteiger partial charge in [-0.2, -0.15) is 0 Å². The smallest absolute Gasteiger partial charge is 0.227 e. The number of anilines is 1. The highest BCUT2D eigenvalue weighted by Crippen LogP contribution is 2.28. The van der Waals surface area contributed by atoms with Crippen molar-refractivity contribution in [1.29, 1.82) is 0 Å². The van der Waals surface area contributed by atoms with Gasteiger partial charge < -0.3 is 5.32 Å². The van der Waals surface area contributed by atoms with Crippen molar-refractivity contribution in [2.75, 3.05) is 5.32 Å². The number of hydrogen-bond donors (Lipinski definition) is 1. The predicted molar refractivity (Wildman–Crippen MR) is 79.0 cm³/mol. The molecule has 1 aromatic rings. The Labute approximate surface area is 121 Å². The quantitative estimate of drug-likeness (QED) is 0.759. The normalized spacial score (nSPS) is 17.2. The van der Waals surface area contributed by atoms with Crippen molar-refractivity contribution in [1.82, 2.24) is 0 Å². The topological polar surface area (TPSA) is 29.1 Å². The third kappa shape index (κ3) is 3.72. The molecule has 0 aliphatic heterocycles. The highest BCUT2D eigenvalue weighted by Gasteiger charge is 2.20. The van der Waals surface area contributed by atoms with Crippen LogP contribution >= 0.6 is 27.5 Å². The van der Waals surface area contributed by atoms with E-state index in [1.807, 2.05) is 12.1 Å². The number of amides is 1. The highest BCUT2D eigenvalue weighted by atomic mass is 79.9. The summed E-state index contributed by atoms with van der Waals surface area (Å²) >= 11 is 9.46. The van der Waals surface area contributed by atoms with E-state index in [0.29, 0.717) is 10.7 Å². The molecule has 0 atom stereocenters. The van der Waals surface area contributed by atoms with Gasteiger partial charge in [-0.25, -0.2) is 0 Å². The number of nitrogens with one attached hydrogen (secondary N) is 1. The van der Waals surface area contributed by atoms with Crippen molar-refractivity contribution < 1.29 is 4.79 Å². The van der Waals surface area contributed by atoms with Crippen LogP contribution in [-0.4, -0.2) is 5.91 Å². The molecule has 1 fully saturated rings. The molecule has 2 rings (SSSR count). The Bertz CT molecular complexity index is 428. The van der Waals surface area contributed by atoms with Gasteiger partial charge in [0.2, 0.25) is 5.91 Å². The van der Waals surface area contributed by atoms with Crippen LogP contribution < -0.4 is 5.32 Å². The molecule has 1 N–H and O–H groups in total. The van der Waals surface area contributed by atoms with Gasteiger partial charge in [0.15, 0.2) is 0 Å². The van der Waals surface area contributed by atoms with Gasteiger partial charge >= 0.3 is 0 Å². The van der Waals surface area contributed by atoms with E-state index in [2.05, 4.69) is 21.2 Å². The standard InChI is InChI=1S/C14H17BrClNO/c15-11-7-8-12(16)13(9-11)17-14(18)10-5-3-1-2-4-6-10/h7-10H,1-6H2,(H,17,18). The molecule has 0 unspecified atom stereocenters. The van der Waals surface area contributed by atoms with Crippen LogP contribution in [0.1, 0.15) is 38.5 Å². The van der Waals surface area contributed by atoms with Crippen LogP contribution in [-0.2, 0) is 4.79 Å². The minimum Gasteiger partial charge on any atom is -0.324 e. The fourth-order valence-corrected chi connectivity index (χ4v) is 2.90. The van der Waals surface area contributed by atoms with Gasteiger partial charge in [-0.15, -0.1) is 0 Å². The number of carbonyl (C=O) groups is 1. The van der Waals surface area contributed by atoms with Gasteiger partial charge in [-0.3, -0.25) is 4.79 Å². The lowest BCUT2D eigenvalue weighted by molar-refractivity contribution is -0.120. The molecule has 0 radical (unpaired) electrons. The summed E-state index contributed by atoms with van der Waals surface area (Å²) < 4.78 is 0.920. The average molecular weight is 331 g/mol. The molecule has 0 spiro atoms. The minimum absolute atomic E-state index is 0.108.